The van der Waals surface area contributed by atoms with Gasteiger partial charge in [0.25, 0.3) is 0 Å². The Hall–Kier alpha value is 0.433. The summed E-state index contributed by atoms with van der Waals surface area (Å²) < 4.78 is 69.4. The molecule has 0 amide bonds. The smallest absolute Gasteiger partial charge is 0.432 e. The van der Waals surface area contributed by atoms with E-state index in [4.69, 9.17) is 37.0 Å². The zero-order valence-corrected chi connectivity index (χ0v) is 69.2. The van der Waals surface area contributed by atoms with Gasteiger partial charge in [-0.25, -0.2) is 0 Å². The monoisotopic (exact) mass is 1330 g/mol. The van der Waals surface area contributed by atoms with Gasteiger partial charge < -0.3 is 51.4 Å². The summed E-state index contributed by atoms with van der Waals surface area (Å²) in [7, 11) is -41.0. The highest BCUT2D eigenvalue weighted by molar-refractivity contribution is 7.40. The minimum atomic E-state index is -3.99. The highest BCUT2D eigenvalue weighted by Crippen LogP contribution is 2.37. The van der Waals surface area contributed by atoms with Crippen LogP contribution in [0.2, 0.25) is 195 Å². The summed E-state index contributed by atoms with van der Waals surface area (Å²) in [6.45, 7) is 59.2. The molecule has 0 aliphatic carbocycles. The molecule has 0 spiro atoms. The minimum absolute atomic E-state index is 0.760. The molecule has 3 rings (SSSR count). The number of hydrogen-bond donors (Lipinski definition) is 3. The van der Waals surface area contributed by atoms with Crippen LogP contribution in [0.5, 0.6) is 0 Å². The van der Waals surface area contributed by atoms with Crippen molar-refractivity contribution in [2.45, 2.75) is 214 Å². The molecule has 78 heavy (non-hydrogen) atoms. The van der Waals surface area contributed by atoms with E-state index in [1.54, 1.807) is 0 Å². The summed E-state index contributed by atoms with van der Waals surface area (Å²) in [6.07, 6.45) is 2.40. The van der Waals surface area contributed by atoms with Gasteiger partial charge in [0.05, 0.1) is 0 Å². The first-order valence-electron chi connectivity index (χ1n) is 28.6. The van der Waals surface area contributed by atoms with Crippen LogP contribution in [0.25, 0.3) is 0 Å². The molecule has 2 atom stereocenters. The zero-order chi connectivity index (χ0) is 60.2. The van der Waals surface area contributed by atoms with Crippen LogP contribution in [0, 0.1) is 0 Å². The molecule has 0 radical (unpaired) electrons. The van der Waals surface area contributed by atoms with Crippen molar-refractivity contribution in [2.24, 2.45) is 0 Å². The van der Waals surface area contributed by atoms with Crippen molar-refractivity contribution in [1.82, 2.24) is 0 Å². The predicted molar refractivity (Wildman–Crippen MR) is 368 cm³/mol. The highest BCUT2D eigenvalue weighted by Gasteiger charge is 2.65. The van der Waals surface area contributed by atoms with Gasteiger partial charge in [0, 0.05) is 15.6 Å². The zero-order valence-electron chi connectivity index (χ0n) is 53.8. The van der Waals surface area contributed by atoms with Crippen molar-refractivity contribution >= 4 is 141 Å². The van der Waals surface area contributed by atoms with Crippen LogP contribution in [0.3, 0.4) is 0 Å². The Morgan fingerprint density at radius 3 is 0.679 bits per heavy atom. The fourth-order valence-electron chi connectivity index (χ4n) is 8.39. The topological polar surface area (TPSA) is 144 Å². The van der Waals surface area contributed by atoms with Crippen molar-refractivity contribution < 1.29 is 51.4 Å². The average molecular weight is 1340 g/mol. The third-order valence-corrected chi connectivity index (χ3v) is 77.3. The van der Waals surface area contributed by atoms with Crippen molar-refractivity contribution in [2.75, 3.05) is 0 Å². The molecular weight excluding hydrogens is 1230 g/mol. The Kier molecular flexibility index (Phi) is 25.2. The summed E-state index contributed by atoms with van der Waals surface area (Å²) in [4.78, 5) is 32.3. The lowest BCUT2D eigenvalue weighted by Crippen LogP contribution is -2.78. The summed E-state index contributed by atoms with van der Waals surface area (Å²) >= 11 is 0. The van der Waals surface area contributed by atoms with Crippen molar-refractivity contribution in [1.29, 1.82) is 0 Å². The Balaban J connectivity index is 2.40. The van der Waals surface area contributed by atoms with Gasteiger partial charge in [-0.3, -0.25) is 0 Å². The maximum absolute atomic E-state index is 10.9. The molecule has 0 aliphatic rings. The number of aryl methyl sites for hydroxylation is 3. The van der Waals surface area contributed by atoms with Gasteiger partial charge in [-0.2, -0.15) is 0 Å². The molecule has 0 aliphatic heterocycles. The Labute approximate surface area is 492 Å². The molecule has 3 N–H and O–H groups in total. The van der Waals surface area contributed by atoms with Crippen molar-refractivity contribution in [3.8, 4) is 0 Å². The Bertz CT molecular complexity index is 2210. The van der Waals surface area contributed by atoms with Crippen molar-refractivity contribution in [3.63, 3.8) is 0 Å². The summed E-state index contributed by atoms with van der Waals surface area (Å²) in [5, 5.41) is 2.85. The molecule has 27 heteroatoms. The number of rotatable bonds is 32. The third-order valence-electron chi connectivity index (χ3n) is 13.6. The van der Waals surface area contributed by atoms with E-state index in [1.165, 1.54) is 11.1 Å². The second-order valence-electron chi connectivity index (χ2n) is 29.1. The first-order valence-corrected chi connectivity index (χ1v) is 72.6. The van der Waals surface area contributed by atoms with Crippen LogP contribution in [0.4, 0.5) is 0 Å². The Morgan fingerprint density at radius 1 is 0.295 bits per heavy atom. The fourth-order valence-corrected chi connectivity index (χ4v) is 65.4. The molecule has 0 saturated carbocycles. The van der Waals surface area contributed by atoms with Crippen LogP contribution in [0.15, 0.2) is 72.8 Å². The molecule has 446 valence electrons. The fraction of sp³-hybridized carbons (Fsp3) is 0.647. The second-order valence-corrected chi connectivity index (χ2v) is 97.6. The first-order chi connectivity index (χ1) is 34.8. The Morgan fingerprint density at radius 2 is 0.487 bits per heavy atom. The van der Waals surface area contributed by atoms with Gasteiger partial charge >= 0.3 is 26.4 Å². The first kappa shape index (κ1) is 72.7. The van der Waals surface area contributed by atoms with E-state index in [0.717, 1.165) is 58.5 Å². The lowest BCUT2D eigenvalue weighted by atomic mass is 10.2. The summed E-state index contributed by atoms with van der Waals surface area (Å²) in [6, 6.07) is 28.4. The van der Waals surface area contributed by atoms with E-state index in [1.807, 2.05) is 39.3 Å². The molecule has 3 aromatic carbocycles. The lowest BCUT2D eigenvalue weighted by molar-refractivity contribution is 0.258. The maximum atomic E-state index is 10.9. The molecule has 0 fully saturated rings. The van der Waals surface area contributed by atoms with Crippen LogP contribution in [0.1, 0.15) is 16.7 Å². The maximum Gasteiger partial charge on any atom is 0.505 e. The molecular formula is C51H110O12Si15. The molecule has 0 bridgehead atoms. The van der Waals surface area contributed by atoms with Gasteiger partial charge in [0.2, 0.25) is 0 Å². The second kappa shape index (κ2) is 27.0. The minimum Gasteiger partial charge on any atom is -0.432 e. The predicted octanol–water partition coefficient (Wildman–Crippen LogP) is 11.3. The highest BCUT2D eigenvalue weighted by atomic mass is 29.3. The van der Waals surface area contributed by atoms with Crippen LogP contribution >= 0.6 is 0 Å². The lowest BCUT2D eigenvalue weighted by Gasteiger charge is -2.52. The SMILES string of the molecule is C[SiH](C)O[Si](O[Si](C)(C)C)(O[Si](C)(C)[Si](C)(C)O[Si](O[Si](C)(C)C)(O[Si](C)(C)[Si](C)(C)O[Si](O[SiH](C)C)(O[Si](C)(C)C)c1ccc(CC[Si](C)(C)O)cc1)c1ccc(CC[Si](C)(C)O)cc1)c1ccc(CC[Si](C)(C)O)cc1. The van der Waals surface area contributed by atoms with Gasteiger partial charge in [-0.05, 0) is 231 Å². The number of benzene rings is 3. The molecule has 12 nitrogen and oxygen atoms in total. The van der Waals surface area contributed by atoms with Gasteiger partial charge in [0.1, 0.15) is 0 Å². The van der Waals surface area contributed by atoms with Crippen LogP contribution in [-0.4, -0.2) is 140 Å². The average Bonchev–Trinajstić information content (AvgIpc) is 3.20. The summed E-state index contributed by atoms with van der Waals surface area (Å²) in [5.74, 6) is 0. The largest absolute Gasteiger partial charge is 0.505 e. The van der Waals surface area contributed by atoms with E-state index >= 15 is 0 Å². The van der Waals surface area contributed by atoms with E-state index < -0.39 is 126 Å². The van der Waals surface area contributed by atoms with E-state index in [2.05, 4.69) is 210 Å². The quantitative estimate of drug-likeness (QED) is 0.0512. The van der Waals surface area contributed by atoms with E-state index in [0.29, 0.717) is 0 Å². The molecule has 0 aromatic heterocycles. The van der Waals surface area contributed by atoms with E-state index in [9.17, 15) is 14.4 Å². The van der Waals surface area contributed by atoms with Gasteiger partial charge in [-0.15, -0.1) is 0 Å². The van der Waals surface area contributed by atoms with Crippen LogP contribution < -0.4 is 15.6 Å². The standard InChI is InChI=1S/C51H110O12Si15/c1-64(2)55-76(57-66(5,6)7,49-34-28-46(29-35-49)40-43-69(14,15)52)60-72(20,21)74(24,25)62-78(59-68(11,12)13,51-38-32-48(33-39-51)42-45-71(18,19)54)63-75(26,27)73(22,23)61-77(56-65(3)4,58-67(8,9)10)50-36-30-47(31-37-50)41-44-70(16,17)53/h28-39,52-54,64-65H,40-45H2,1-27H3. The van der Waals surface area contributed by atoms with Crippen LogP contribution in [-0.2, 0) is 56.3 Å². The molecule has 3 aromatic rings. The van der Waals surface area contributed by atoms with Crippen molar-refractivity contribution in [3.05, 3.63) is 89.5 Å². The molecule has 2 unspecified atom stereocenters. The van der Waals surface area contributed by atoms with Gasteiger partial charge in [-0.1, -0.05) is 72.8 Å². The summed E-state index contributed by atoms with van der Waals surface area (Å²) in [5.41, 5.74) is 3.50. The van der Waals surface area contributed by atoms with E-state index in [-0.39, 0.29) is 0 Å². The van der Waals surface area contributed by atoms with Gasteiger partial charge in [0.15, 0.2) is 99.3 Å². The number of hydrogen-bond acceptors (Lipinski definition) is 12. The normalized spacial score (nSPS) is 16.6. The third kappa shape index (κ3) is 23.4. The molecule has 0 heterocycles. The molecule has 0 saturated heterocycles.